The third kappa shape index (κ3) is 2.73. The van der Waals surface area contributed by atoms with Crippen LogP contribution in [0.5, 0.6) is 0 Å². The van der Waals surface area contributed by atoms with Crippen molar-refractivity contribution in [1.29, 1.82) is 0 Å². The van der Waals surface area contributed by atoms with E-state index >= 15 is 0 Å². The number of carbonyl (C=O) groups excluding carboxylic acids is 1. The Morgan fingerprint density at radius 3 is 2.64 bits per heavy atom. The summed E-state index contributed by atoms with van der Waals surface area (Å²) in [5.41, 5.74) is 2.28. The van der Waals surface area contributed by atoms with E-state index in [1.165, 1.54) is 0 Å². The van der Waals surface area contributed by atoms with E-state index in [-0.39, 0.29) is 19.1 Å². The van der Waals surface area contributed by atoms with Gasteiger partial charge in [-0.2, -0.15) is 0 Å². The minimum absolute atomic E-state index is 0.0593. The quantitative estimate of drug-likeness (QED) is 0.879. The van der Waals surface area contributed by atoms with Gasteiger partial charge in [-0.1, -0.05) is 35.9 Å². The number of aliphatic imine (C=N–C) groups is 1. The minimum Gasteiger partial charge on any atom is -0.394 e. The average Bonchev–Trinajstić information content (AvgIpc) is 2.80. The molecule has 6 heteroatoms. The summed E-state index contributed by atoms with van der Waals surface area (Å²) in [6.45, 7) is 0.560. The Kier molecular flexibility index (Phi) is 4.18. The molecule has 0 radical (unpaired) electrons. The maximum absolute atomic E-state index is 12.6. The highest BCUT2D eigenvalue weighted by atomic mass is 35.5. The first-order chi connectivity index (χ1) is 10.7. The van der Waals surface area contributed by atoms with Gasteiger partial charge in [0.05, 0.1) is 25.3 Å². The van der Waals surface area contributed by atoms with E-state index in [2.05, 4.69) is 9.98 Å². The molecule has 1 aliphatic heterocycles. The van der Waals surface area contributed by atoms with Crippen molar-refractivity contribution in [2.75, 3.05) is 13.2 Å². The summed E-state index contributed by atoms with van der Waals surface area (Å²) in [6.07, 6.45) is 1.64. The number of hydrogen-bond donors (Lipinski definition) is 1. The first kappa shape index (κ1) is 14.7. The van der Waals surface area contributed by atoms with E-state index < -0.39 is 0 Å². The number of hydrogen-bond acceptors (Lipinski definition) is 4. The molecule has 0 unspecified atom stereocenters. The standard InChI is InChI=1S/C16H14ClN3O2/c17-14-6-5-11(9-19-14)10-20-15(18-7-8-21)12-3-1-2-4-13(12)16(20)22/h1-6,9,21H,7-8,10H2. The fourth-order valence-corrected chi connectivity index (χ4v) is 2.52. The van der Waals surface area contributed by atoms with Crippen LogP contribution in [0.1, 0.15) is 21.5 Å². The highest BCUT2D eigenvalue weighted by Gasteiger charge is 2.33. The fraction of sp³-hybridized carbons (Fsp3) is 0.188. The van der Waals surface area contributed by atoms with E-state index in [0.29, 0.717) is 23.1 Å². The molecule has 1 aliphatic rings. The van der Waals surface area contributed by atoms with Crippen LogP contribution in [0.15, 0.2) is 47.6 Å². The monoisotopic (exact) mass is 315 g/mol. The topological polar surface area (TPSA) is 65.8 Å². The Bertz CT molecular complexity index is 728. The molecular formula is C16H14ClN3O2. The van der Waals surface area contributed by atoms with Gasteiger partial charge < -0.3 is 5.11 Å². The highest BCUT2D eigenvalue weighted by Crippen LogP contribution is 2.25. The Morgan fingerprint density at radius 1 is 1.18 bits per heavy atom. The zero-order valence-electron chi connectivity index (χ0n) is 11.7. The van der Waals surface area contributed by atoms with Crippen LogP contribution in [0.25, 0.3) is 0 Å². The molecule has 0 bridgehead atoms. The Labute approximate surface area is 132 Å². The van der Waals surface area contributed by atoms with Gasteiger partial charge in [0, 0.05) is 11.8 Å². The van der Waals surface area contributed by atoms with Crippen LogP contribution in [0.4, 0.5) is 0 Å². The lowest BCUT2D eigenvalue weighted by Gasteiger charge is -2.17. The Morgan fingerprint density at radius 2 is 1.95 bits per heavy atom. The average molecular weight is 316 g/mol. The molecule has 1 aromatic heterocycles. The zero-order chi connectivity index (χ0) is 15.5. The van der Waals surface area contributed by atoms with Crippen LogP contribution in [-0.2, 0) is 6.54 Å². The molecule has 22 heavy (non-hydrogen) atoms. The van der Waals surface area contributed by atoms with Gasteiger partial charge >= 0.3 is 0 Å². The summed E-state index contributed by atoms with van der Waals surface area (Å²) in [4.78, 5) is 22.6. The van der Waals surface area contributed by atoms with E-state index in [1.807, 2.05) is 24.3 Å². The first-order valence-electron chi connectivity index (χ1n) is 6.87. The molecule has 2 aromatic rings. The second kappa shape index (κ2) is 6.25. The van der Waals surface area contributed by atoms with Gasteiger partial charge in [-0.3, -0.25) is 14.7 Å². The number of rotatable bonds is 4. The molecule has 0 saturated carbocycles. The van der Waals surface area contributed by atoms with Crippen molar-refractivity contribution in [3.63, 3.8) is 0 Å². The van der Waals surface area contributed by atoms with Crippen molar-refractivity contribution in [3.8, 4) is 0 Å². The van der Waals surface area contributed by atoms with Crippen molar-refractivity contribution >= 4 is 23.3 Å². The first-order valence-corrected chi connectivity index (χ1v) is 7.25. The minimum atomic E-state index is -0.0951. The summed E-state index contributed by atoms with van der Waals surface area (Å²) >= 11 is 5.78. The van der Waals surface area contributed by atoms with E-state index in [9.17, 15) is 4.79 Å². The summed E-state index contributed by atoms with van der Waals surface area (Å²) < 4.78 is 0. The smallest absolute Gasteiger partial charge is 0.260 e. The summed E-state index contributed by atoms with van der Waals surface area (Å²) in [7, 11) is 0. The number of nitrogens with zero attached hydrogens (tertiary/aromatic N) is 3. The number of amidine groups is 1. The predicted molar refractivity (Wildman–Crippen MR) is 84.1 cm³/mol. The van der Waals surface area contributed by atoms with Crippen molar-refractivity contribution in [2.45, 2.75) is 6.54 Å². The molecule has 112 valence electrons. The molecule has 0 fully saturated rings. The second-order valence-electron chi connectivity index (χ2n) is 4.85. The second-order valence-corrected chi connectivity index (χ2v) is 5.24. The Hall–Kier alpha value is -2.24. The van der Waals surface area contributed by atoms with E-state index in [0.717, 1.165) is 11.1 Å². The lowest BCUT2D eigenvalue weighted by Crippen LogP contribution is -2.30. The van der Waals surface area contributed by atoms with Crippen molar-refractivity contribution in [2.24, 2.45) is 4.99 Å². The summed E-state index contributed by atoms with van der Waals surface area (Å²) in [5, 5.41) is 9.42. The van der Waals surface area contributed by atoms with Crippen molar-refractivity contribution in [1.82, 2.24) is 9.88 Å². The van der Waals surface area contributed by atoms with Crippen LogP contribution in [0.2, 0.25) is 5.15 Å². The van der Waals surface area contributed by atoms with Crippen LogP contribution in [-0.4, -0.2) is 39.9 Å². The molecule has 1 amide bonds. The van der Waals surface area contributed by atoms with Crippen LogP contribution in [0, 0.1) is 0 Å². The van der Waals surface area contributed by atoms with Gasteiger partial charge in [0.1, 0.15) is 11.0 Å². The molecule has 2 heterocycles. The number of pyridine rings is 1. The number of aromatic nitrogens is 1. The molecule has 5 nitrogen and oxygen atoms in total. The lowest BCUT2D eigenvalue weighted by molar-refractivity contribution is 0.0852. The van der Waals surface area contributed by atoms with Crippen LogP contribution < -0.4 is 0 Å². The number of halogens is 1. The number of benzene rings is 1. The van der Waals surface area contributed by atoms with Crippen LogP contribution in [0.3, 0.4) is 0 Å². The van der Waals surface area contributed by atoms with Gasteiger partial charge in [-0.05, 0) is 17.7 Å². The molecular weight excluding hydrogens is 302 g/mol. The third-order valence-electron chi connectivity index (χ3n) is 3.39. The fourth-order valence-electron chi connectivity index (χ4n) is 2.41. The largest absolute Gasteiger partial charge is 0.394 e. The van der Waals surface area contributed by atoms with Gasteiger partial charge in [-0.25, -0.2) is 4.98 Å². The number of aliphatic hydroxyl groups excluding tert-OH is 1. The number of aliphatic hydroxyl groups is 1. The molecule has 1 N–H and O–H groups in total. The maximum atomic E-state index is 12.6. The highest BCUT2D eigenvalue weighted by molar-refractivity contribution is 6.29. The normalized spacial score (nSPS) is 15.5. The number of carbonyl (C=O) groups is 1. The van der Waals surface area contributed by atoms with E-state index in [4.69, 9.17) is 16.7 Å². The van der Waals surface area contributed by atoms with Crippen LogP contribution >= 0.6 is 11.6 Å². The SMILES string of the molecule is O=C1c2ccccc2C(=NCCO)N1Cc1ccc(Cl)nc1. The third-order valence-corrected chi connectivity index (χ3v) is 3.61. The number of amides is 1. The number of fused-ring (bicyclic) bond motifs is 1. The molecule has 0 saturated heterocycles. The Balaban J connectivity index is 1.95. The van der Waals surface area contributed by atoms with Gasteiger partial charge in [-0.15, -0.1) is 0 Å². The van der Waals surface area contributed by atoms with Crippen molar-refractivity contribution < 1.29 is 9.90 Å². The van der Waals surface area contributed by atoms with Crippen molar-refractivity contribution in [3.05, 3.63) is 64.4 Å². The molecule has 0 aliphatic carbocycles. The summed E-state index contributed by atoms with van der Waals surface area (Å²) in [5.74, 6) is 0.492. The predicted octanol–water partition coefficient (Wildman–Crippen LogP) is 2.13. The molecule has 1 aromatic carbocycles. The van der Waals surface area contributed by atoms with E-state index in [1.54, 1.807) is 23.2 Å². The maximum Gasteiger partial charge on any atom is 0.260 e. The van der Waals surface area contributed by atoms with Gasteiger partial charge in [0.15, 0.2) is 0 Å². The van der Waals surface area contributed by atoms with Gasteiger partial charge in [0.25, 0.3) is 5.91 Å². The lowest BCUT2D eigenvalue weighted by atomic mass is 10.1. The molecule has 0 atom stereocenters. The zero-order valence-corrected chi connectivity index (χ0v) is 12.5. The van der Waals surface area contributed by atoms with Gasteiger partial charge in [0.2, 0.25) is 0 Å². The summed E-state index contributed by atoms with van der Waals surface area (Å²) in [6, 6.07) is 10.9. The molecule has 0 spiro atoms. The molecule has 3 rings (SSSR count).